The molecule has 1 aliphatic heterocycles. The molecule has 0 bridgehead atoms. The molecule has 1 fully saturated rings. The SMILES string of the molecule is NC(=O)C1CCN(Cc2ccc(F)c3cccnc23)CC1. The number of aromatic nitrogens is 1. The lowest BCUT2D eigenvalue weighted by molar-refractivity contribution is -0.123. The molecule has 0 radical (unpaired) electrons. The Hall–Kier alpha value is -2.01. The van der Waals surface area contributed by atoms with E-state index in [2.05, 4.69) is 9.88 Å². The van der Waals surface area contributed by atoms with Crippen LogP contribution in [-0.2, 0) is 11.3 Å². The molecule has 5 heteroatoms. The Balaban J connectivity index is 1.77. The summed E-state index contributed by atoms with van der Waals surface area (Å²) in [5.74, 6) is -0.456. The monoisotopic (exact) mass is 287 g/mol. The van der Waals surface area contributed by atoms with Crippen LogP contribution < -0.4 is 5.73 Å². The first kappa shape index (κ1) is 13.9. The van der Waals surface area contributed by atoms with Crippen molar-refractivity contribution < 1.29 is 9.18 Å². The number of nitrogens with zero attached hydrogens (tertiary/aromatic N) is 2. The highest BCUT2D eigenvalue weighted by Gasteiger charge is 2.23. The van der Waals surface area contributed by atoms with Crippen molar-refractivity contribution in [1.82, 2.24) is 9.88 Å². The second-order valence-electron chi connectivity index (χ2n) is 5.56. The third-order valence-corrected chi connectivity index (χ3v) is 4.18. The highest BCUT2D eigenvalue weighted by molar-refractivity contribution is 5.82. The van der Waals surface area contributed by atoms with Gasteiger partial charge in [-0.2, -0.15) is 0 Å². The summed E-state index contributed by atoms with van der Waals surface area (Å²) in [6.07, 6.45) is 3.27. The van der Waals surface area contributed by atoms with E-state index in [0.29, 0.717) is 5.39 Å². The summed E-state index contributed by atoms with van der Waals surface area (Å²) in [4.78, 5) is 17.8. The Morgan fingerprint density at radius 1 is 1.33 bits per heavy atom. The molecular weight excluding hydrogens is 269 g/mol. The molecule has 2 aromatic rings. The number of carbonyl (C=O) groups is 1. The van der Waals surface area contributed by atoms with Crippen LogP contribution in [-0.4, -0.2) is 28.9 Å². The molecular formula is C16H18FN3O. The lowest BCUT2D eigenvalue weighted by atomic mass is 9.96. The first-order valence-corrected chi connectivity index (χ1v) is 7.19. The molecule has 1 aromatic heterocycles. The number of halogens is 1. The number of nitrogens with two attached hydrogens (primary N) is 1. The van der Waals surface area contributed by atoms with Crippen molar-refractivity contribution in [2.24, 2.45) is 11.7 Å². The van der Waals surface area contributed by atoms with Gasteiger partial charge in [0.1, 0.15) is 5.82 Å². The zero-order valence-corrected chi connectivity index (χ0v) is 11.8. The lowest BCUT2D eigenvalue weighted by Gasteiger charge is -2.30. The third-order valence-electron chi connectivity index (χ3n) is 4.18. The summed E-state index contributed by atoms with van der Waals surface area (Å²) < 4.78 is 13.8. The average Bonchev–Trinajstić information content (AvgIpc) is 2.51. The summed E-state index contributed by atoms with van der Waals surface area (Å²) in [6.45, 7) is 2.39. The fraction of sp³-hybridized carbons (Fsp3) is 0.375. The summed E-state index contributed by atoms with van der Waals surface area (Å²) in [6, 6.07) is 6.79. The van der Waals surface area contributed by atoms with E-state index in [-0.39, 0.29) is 17.6 Å². The van der Waals surface area contributed by atoms with E-state index in [4.69, 9.17) is 5.73 Å². The van der Waals surface area contributed by atoms with Crippen LogP contribution in [0.2, 0.25) is 0 Å². The highest BCUT2D eigenvalue weighted by Crippen LogP contribution is 2.23. The maximum Gasteiger partial charge on any atom is 0.220 e. The van der Waals surface area contributed by atoms with Crippen molar-refractivity contribution in [2.75, 3.05) is 13.1 Å². The molecule has 0 aliphatic carbocycles. The predicted octanol–water partition coefficient (Wildman–Crippen LogP) is 2.07. The Bertz CT molecular complexity index is 666. The van der Waals surface area contributed by atoms with Crippen LogP contribution in [0.15, 0.2) is 30.5 Å². The van der Waals surface area contributed by atoms with E-state index in [1.54, 1.807) is 24.4 Å². The van der Waals surface area contributed by atoms with Crippen LogP contribution in [0.1, 0.15) is 18.4 Å². The average molecular weight is 287 g/mol. The zero-order valence-electron chi connectivity index (χ0n) is 11.8. The molecule has 1 amide bonds. The second kappa shape index (κ2) is 5.77. The maximum absolute atomic E-state index is 13.8. The van der Waals surface area contributed by atoms with Gasteiger partial charge in [-0.3, -0.25) is 14.7 Å². The van der Waals surface area contributed by atoms with Crippen LogP contribution in [0.25, 0.3) is 10.9 Å². The summed E-state index contributed by atoms with van der Waals surface area (Å²) >= 11 is 0. The molecule has 3 rings (SSSR count). The van der Waals surface area contributed by atoms with E-state index in [0.717, 1.165) is 43.6 Å². The number of benzene rings is 1. The van der Waals surface area contributed by atoms with Crippen molar-refractivity contribution in [1.29, 1.82) is 0 Å². The Kier molecular flexibility index (Phi) is 3.84. The number of piperidine rings is 1. The van der Waals surface area contributed by atoms with Crippen molar-refractivity contribution in [3.63, 3.8) is 0 Å². The van der Waals surface area contributed by atoms with E-state index >= 15 is 0 Å². The number of primary amides is 1. The number of pyridine rings is 1. The lowest BCUT2D eigenvalue weighted by Crippen LogP contribution is -2.38. The normalized spacial score (nSPS) is 17.2. The van der Waals surface area contributed by atoms with Gasteiger partial charge in [-0.15, -0.1) is 0 Å². The van der Waals surface area contributed by atoms with E-state index < -0.39 is 0 Å². The van der Waals surface area contributed by atoms with Crippen LogP contribution in [0, 0.1) is 11.7 Å². The Morgan fingerprint density at radius 2 is 2.10 bits per heavy atom. The maximum atomic E-state index is 13.8. The number of amides is 1. The predicted molar refractivity (Wildman–Crippen MR) is 78.9 cm³/mol. The first-order valence-electron chi connectivity index (χ1n) is 7.19. The largest absolute Gasteiger partial charge is 0.369 e. The highest BCUT2D eigenvalue weighted by atomic mass is 19.1. The second-order valence-corrected chi connectivity index (χ2v) is 5.56. The number of carbonyl (C=O) groups excluding carboxylic acids is 1. The minimum Gasteiger partial charge on any atom is -0.369 e. The molecule has 1 aliphatic rings. The van der Waals surface area contributed by atoms with Crippen LogP contribution >= 0.6 is 0 Å². The number of hydrogen-bond acceptors (Lipinski definition) is 3. The molecule has 1 saturated heterocycles. The van der Waals surface area contributed by atoms with E-state index in [9.17, 15) is 9.18 Å². The van der Waals surface area contributed by atoms with Crippen LogP contribution in [0.5, 0.6) is 0 Å². The van der Waals surface area contributed by atoms with Gasteiger partial charge in [0.05, 0.1) is 5.52 Å². The third kappa shape index (κ3) is 2.88. The number of hydrogen-bond donors (Lipinski definition) is 1. The molecule has 0 saturated carbocycles. The van der Waals surface area contributed by atoms with Gasteiger partial charge < -0.3 is 5.73 Å². The minimum absolute atomic E-state index is 0.00987. The molecule has 0 spiro atoms. The van der Waals surface area contributed by atoms with Gasteiger partial charge in [-0.05, 0) is 49.7 Å². The topological polar surface area (TPSA) is 59.2 Å². The molecule has 2 N–H and O–H groups in total. The molecule has 4 nitrogen and oxygen atoms in total. The fourth-order valence-corrected chi connectivity index (χ4v) is 2.94. The molecule has 110 valence electrons. The minimum atomic E-state index is -0.241. The van der Waals surface area contributed by atoms with Crippen LogP contribution in [0.4, 0.5) is 4.39 Å². The molecule has 21 heavy (non-hydrogen) atoms. The quantitative estimate of drug-likeness (QED) is 0.940. The number of rotatable bonds is 3. The number of likely N-dealkylation sites (tertiary alicyclic amines) is 1. The van der Waals surface area contributed by atoms with Crippen molar-refractivity contribution in [2.45, 2.75) is 19.4 Å². The summed E-state index contributed by atoms with van der Waals surface area (Å²) in [5, 5.41) is 0.557. The van der Waals surface area contributed by atoms with Gasteiger partial charge in [-0.1, -0.05) is 6.07 Å². The van der Waals surface area contributed by atoms with Gasteiger partial charge in [0, 0.05) is 24.0 Å². The molecule has 1 aromatic carbocycles. The first-order chi connectivity index (χ1) is 10.1. The molecule has 2 heterocycles. The smallest absolute Gasteiger partial charge is 0.220 e. The summed E-state index contributed by atoms with van der Waals surface area (Å²) in [5.41, 5.74) is 7.08. The van der Waals surface area contributed by atoms with Crippen molar-refractivity contribution >= 4 is 16.8 Å². The Labute approximate surface area is 122 Å². The van der Waals surface area contributed by atoms with Crippen molar-refractivity contribution in [3.8, 4) is 0 Å². The van der Waals surface area contributed by atoms with E-state index in [1.165, 1.54) is 6.07 Å². The van der Waals surface area contributed by atoms with Gasteiger partial charge in [0.2, 0.25) is 5.91 Å². The summed E-state index contributed by atoms with van der Waals surface area (Å²) in [7, 11) is 0. The van der Waals surface area contributed by atoms with Gasteiger partial charge in [0.15, 0.2) is 0 Å². The Morgan fingerprint density at radius 3 is 2.81 bits per heavy atom. The van der Waals surface area contributed by atoms with Gasteiger partial charge >= 0.3 is 0 Å². The van der Waals surface area contributed by atoms with Crippen LogP contribution in [0.3, 0.4) is 0 Å². The standard InChI is InChI=1S/C16H18FN3O/c17-14-4-3-12(15-13(14)2-1-7-19-15)10-20-8-5-11(6-9-20)16(18)21/h1-4,7,11H,5-6,8-10H2,(H2,18,21). The molecule has 0 atom stereocenters. The van der Waals surface area contributed by atoms with E-state index in [1.807, 2.05) is 0 Å². The number of fused-ring (bicyclic) bond motifs is 1. The fourth-order valence-electron chi connectivity index (χ4n) is 2.94. The zero-order chi connectivity index (χ0) is 14.8. The molecule has 0 unspecified atom stereocenters. The van der Waals surface area contributed by atoms with Gasteiger partial charge in [0.25, 0.3) is 0 Å². The van der Waals surface area contributed by atoms with Gasteiger partial charge in [-0.25, -0.2) is 4.39 Å². The van der Waals surface area contributed by atoms with Crippen molar-refractivity contribution in [3.05, 3.63) is 41.8 Å².